The minimum atomic E-state index is -1.03. The first-order valence-electron chi connectivity index (χ1n) is 5.69. The molecule has 19 heavy (non-hydrogen) atoms. The number of hydrogen-bond acceptors (Lipinski definition) is 4. The van der Waals surface area contributed by atoms with Crippen LogP contribution in [-0.2, 0) is 14.3 Å². The molecule has 1 amide bonds. The molecule has 0 bridgehead atoms. The monoisotopic (exact) mass is 264 g/mol. The Balaban J connectivity index is 2.25. The Morgan fingerprint density at radius 1 is 1.42 bits per heavy atom. The van der Waals surface area contributed by atoms with Gasteiger partial charge in [0, 0.05) is 18.3 Å². The number of nitrogen functional groups attached to an aromatic ring is 1. The molecule has 0 heterocycles. The van der Waals surface area contributed by atoms with E-state index in [9.17, 15) is 9.59 Å². The number of carbonyl (C=O) groups is 2. The third-order valence-corrected chi connectivity index (χ3v) is 2.11. The third kappa shape index (κ3) is 6.85. The summed E-state index contributed by atoms with van der Waals surface area (Å²) in [6, 6.07) is 7.14. The molecule has 0 aliphatic carbocycles. The summed E-state index contributed by atoms with van der Waals surface area (Å²) in [7, 11) is 0. The van der Waals surface area contributed by atoms with Crippen LogP contribution in [0.2, 0.25) is 0 Å². The van der Waals surface area contributed by atoms with Crippen molar-refractivity contribution >= 4 is 23.6 Å². The molecule has 0 aromatic heterocycles. The van der Waals surface area contributed by atoms with Crippen molar-refractivity contribution in [2.45, 2.75) is 0 Å². The smallest absolute Gasteiger partial charge is 0.329 e. The number of aliphatic carboxylic acids is 1. The molecular formula is C13H16N2O4. The molecule has 0 aliphatic heterocycles. The van der Waals surface area contributed by atoms with Gasteiger partial charge in [0.25, 0.3) is 0 Å². The average Bonchev–Trinajstić information content (AvgIpc) is 2.35. The molecule has 0 unspecified atom stereocenters. The molecule has 0 fully saturated rings. The summed E-state index contributed by atoms with van der Waals surface area (Å²) in [6.07, 6.45) is 3.02. The van der Waals surface area contributed by atoms with E-state index >= 15 is 0 Å². The molecular weight excluding hydrogens is 248 g/mol. The van der Waals surface area contributed by atoms with E-state index in [1.807, 2.05) is 6.07 Å². The summed E-state index contributed by atoms with van der Waals surface area (Å²) in [4.78, 5) is 21.5. The number of ether oxygens (including phenoxy) is 1. The largest absolute Gasteiger partial charge is 0.480 e. The highest BCUT2D eigenvalue weighted by Crippen LogP contribution is 2.07. The van der Waals surface area contributed by atoms with Gasteiger partial charge in [-0.05, 0) is 23.8 Å². The Morgan fingerprint density at radius 2 is 2.21 bits per heavy atom. The van der Waals surface area contributed by atoms with E-state index in [-0.39, 0.29) is 25.7 Å². The topological polar surface area (TPSA) is 102 Å². The summed E-state index contributed by atoms with van der Waals surface area (Å²) >= 11 is 0. The number of nitrogens with two attached hydrogens (primary N) is 1. The number of hydrogen-bond donors (Lipinski definition) is 3. The molecule has 0 saturated carbocycles. The van der Waals surface area contributed by atoms with Gasteiger partial charge in [0.2, 0.25) is 5.91 Å². The second kappa shape index (κ2) is 7.88. The number of anilines is 1. The van der Waals surface area contributed by atoms with Crippen LogP contribution < -0.4 is 11.1 Å². The van der Waals surface area contributed by atoms with Gasteiger partial charge < -0.3 is 20.9 Å². The van der Waals surface area contributed by atoms with Crippen molar-refractivity contribution in [1.82, 2.24) is 5.32 Å². The van der Waals surface area contributed by atoms with Gasteiger partial charge in [0.15, 0.2) is 0 Å². The van der Waals surface area contributed by atoms with Crippen LogP contribution in [0, 0.1) is 0 Å². The highest BCUT2D eigenvalue weighted by atomic mass is 16.5. The molecule has 1 rings (SSSR count). The molecule has 0 aliphatic rings. The van der Waals surface area contributed by atoms with E-state index in [0.717, 1.165) is 5.56 Å². The third-order valence-electron chi connectivity index (χ3n) is 2.11. The van der Waals surface area contributed by atoms with E-state index in [1.54, 1.807) is 24.3 Å². The molecule has 6 heteroatoms. The van der Waals surface area contributed by atoms with Gasteiger partial charge in [0.1, 0.15) is 6.61 Å². The lowest BCUT2D eigenvalue weighted by molar-refractivity contribution is -0.142. The fourth-order valence-electron chi connectivity index (χ4n) is 1.30. The van der Waals surface area contributed by atoms with Crippen LogP contribution in [0.1, 0.15) is 5.56 Å². The van der Waals surface area contributed by atoms with E-state index in [4.69, 9.17) is 15.6 Å². The fraction of sp³-hybridized carbons (Fsp3) is 0.231. The number of amides is 1. The highest BCUT2D eigenvalue weighted by Gasteiger charge is 1.97. The Hall–Kier alpha value is -2.34. The number of benzene rings is 1. The summed E-state index contributed by atoms with van der Waals surface area (Å²) in [5.74, 6) is -1.31. The van der Waals surface area contributed by atoms with Crippen molar-refractivity contribution in [3.05, 3.63) is 35.9 Å². The molecule has 0 saturated heterocycles. The van der Waals surface area contributed by atoms with E-state index in [2.05, 4.69) is 5.32 Å². The number of carboxylic acids is 1. The average molecular weight is 264 g/mol. The first kappa shape index (κ1) is 14.7. The standard InChI is InChI=1S/C13H16N2O4/c14-11-3-1-2-10(8-11)4-5-12(16)15-6-7-19-9-13(17)18/h1-5,8H,6-7,9,14H2,(H,15,16)(H,17,18)/b5-4+. The van der Waals surface area contributed by atoms with Gasteiger partial charge in [-0.15, -0.1) is 0 Å². The zero-order chi connectivity index (χ0) is 14.1. The summed E-state index contributed by atoms with van der Waals surface area (Å²) in [5.41, 5.74) is 7.06. The van der Waals surface area contributed by atoms with Crippen molar-refractivity contribution in [2.75, 3.05) is 25.5 Å². The molecule has 1 aromatic carbocycles. The van der Waals surface area contributed by atoms with Crippen molar-refractivity contribution in [3.8, 4) is 0 Å². The maximum atomic E-state index is 11.4. The number of nitrogens with one attached hydrogen (secondary N) is 1. The van der Waals surface area contributed by atoms with Gasteiger partial charge in [-0.2, -0.15) is 0 Å². The zero-order valence-corrected chi connectivity index (χ0v) is 10.3. The fourth-order valence-corrected chi connectivity index (χ4v) is 1.30. The number of rotatable bonds is 7. The number of carbonyl (C=O) groups excluding carboxylic acids is 1. The van der Waals surface area contributed by atoms with Gasteiger partial charge in [0.05, 0.1) is 6.61 Å². The Bertz CT molecular complexity index is 471. The molecule has 0 atom stereocenters. The molecule has 1 aromatic rings. The van der Waals surface area contributed by atoms with E-state index < -0.39 is 5.97 Å². The second-order valence-corrected chi connectivity index (χ2v) is 3.74. The van der Waals surface area contributed by atoms with E-state index in [0.29, 0.717) is 5.69 Å². The van der Waals surface area contributed by atoms with Crippen molar-refractivity contribution in [1.29, 1.82) is 0 Å². The molecule has 0 spiro atoms. The normalized spacial score (nSPS) is 10.5. The minimum Gasteiger partial charge on any atom is -0.480 e. The molecule has 102 valence electrons. The number of carboxylic acid groups (broad SMARTS) is 1. The van der Waals surface area contributed by atoms with Crippen LogP contribution in [0.3, 0.4) is 0 Å². The van der Waals surface area contributed by atoms with Crippen LogP contribution >= 0.6 is 0 Å². The van der Waals surface area contributed by atoms with Crippen LogP contribution in [-0.4, -0.2) is 36.7 Å². The van der Waals surface area contributed by atoms with Crippen molar-refractivity contribution in [3.63, 3.8) is 0 Å². The van der Waals surface area contributed by atoms with Crippen LogP contribution in [0.4, 0.5) is 5.69 Å². The lowest BCUT2D eigenvalue weighted by atomic mass is 10.2. The van der Waals surface area contributed by atoms with Crippen LogP contribution in [0.25, 0.3) is 6.08 Å². The molecule has 4 N–H and O–H groups in total. The summed E-state index contributed by atoms with van der Waals surface area (Å²) in [6.45, 7) is 0.0482. The lowest BCUT2D eigenvalue weighted by Gasteiger charge is -2.02. The van der Waals surface area contributed by atoms with Crippen LogP contribution in [0.15, 0.2) is 30.3 Å². The van der Waals surface area contributed by atoms with E-state index in [1.165, 1.54) is 6.08 Å². The maximum Gasteiger partial charge on any atom is 0.329 e. The lowest BCUT2D eigenvalue weighted by Crippen LogP contribution is -2.26. The van der Waals surface area contributed by atoms with Gasteiger partial charge in [-0.1, -0.05) is 12.1 Å². The zero-order valence-electron chi connectivity index (χ0n) is 10.3. The predicted molar refractivity (Wildman–Crippen MR) is 71.4 cm³/mol. The Kier molecular flexibility index (Phi) is 6.11. The van der Waals surface area contributed by atoms with Crippen molar-refractivity contribution in [2.24, 2.45) is 0 Å². The molecule has 6 nitrogen and oxygen atoms in total. The summed E-state index contributed by atoms with van der Waals surface area (Å²) < 4.78 is 4.77. The van der Waals surface area contributed by atoms with Gasteiger partial charge >= 0.3 is 5.97 Å². The Morgan fingerprint density at radius 3 is 2.89 bits per heavy atom. The van der Waals surface area contributed by atoms with Crippen molar-refractivity contribution < 1.29 is 19.4 Å². The molecule has 0 radical (unpaired) electrons. The first-order chi connectivity index (χ1) is 9.08. The maximum absolute atomic E-state index is 11.4. The first-order valence-corrected chi connectivity index (χ1v) is 5.69. The summed E-state index contributed by atoms with van der Waals surface area (Å²) in [5, 5.41) is 10.9. The Labute approximate surface area is 110 Å². The van der Waals surface area contributed by atoms with Gasteiger partial charge in [-0.25, -0.2) is 4.79 Å². The minimum absolute atomic E-state index is 0.157. The SMILES string of the molecule is Nc1cccc(/C=C/C(=O)NCCOCC(=O)O)c1. The highest BCUT2D eigenvalue weighted by molar-refractivity contribution is 5.91. The quantitative estimate of drug-likeness (QED) is 0.378. The van der Waals surface area contributed by atoms with Crippen LogP contribution in [0.5, 0.6) is 0 Å². The second-order valence-electron chi connectivity index (χ2n) is 3.74. The predicted octanol–water partition coefficient (Wildman–Crippen LogP) is 0.499. The van der Waals surface area contributed by atoms with Gasteiger partial charge in [-0.3, -0.25) is 4.79 Å².